The van der Waals surface area contributed by atoms with Gasteiger partial charge in [-0.3, -0.25) is 9.78 Å². The van der Waals surface area contributed by atoms with Crippen molar-refractivity contribution >= 4 is 17.3 Å². The average Bonchev–Trinajstić information content (AvgIpc) is 2.62. The first-order valence-electron chi connectivity index (χ1n) is 7.44. The lowest BCUT2D eigenvalue weighted by Gasteiger charge is -2.12. The number of ether oxygens (including phenoxy) is 1. The highest BCUT2D eigenvalue weighted by Gasteiger charge is 2.12. The maximum absolute atomic E-state index is 11.7. The number of aromatic nitrogens is 1. The Morgan fingerprint density at radius 3 is 2.58 bits per heavy atom. The van der Waals surface area contributed by atoms with E-state index in [1.54, 1.807) is 7.11 Å². The van der Waals surface area contributed by atoms with Gasteiger partial charge >= 0.3 is 0 Å². The van der Waals surface area contributed by atoms with E-state index in [4.69, 9.17) is 10.5 Å². The van der Waals surface area contributed by atoms with Crippen molar-refractivity contribution in [3.05, 3.63) is 72.4 Å². The van der Waals surface area contributed by atoms with Gasteiger partial charge in [-0.25, -0.2) is 0 Å². The van der Waals surface area contributed by atoms with Gasteiger partial charge in [-0.1, -0.05) is 36.4 Å². The number of hydrogen-bond donors (Lipinski definition) is 2. The van der Waals surface area contributed by atoms with Crippen molar-refractivity contribution in [1.29, 1.82) is 0 Å². The molecule has 0 aliphatic heterocycles. The highest BCUT2D eigenvalue weighted by atomic mass is 16.5. The van der Waals surface area contributed by atoms with Gasteiger partial charge in [0, 0.05) is 23.5 Å². The van der Waals surface area contributed by atoms with Gasteiger partial charge in [0.15, 0.2) is 0 Å². The van der Waals surface area contributed by atoms with Crippen molar-refractivity contribution in [2.24, 2.45) is 5.73 Å². The van der Waals surface area contributed by atoms with E-state index in [2.05, 4.69) is 10.3 Å². The summed E-state index contributed by atoms with van der Waals surface area (Å²) in [5.74, 6) is 0.186. The summed E-state index contributed by atoms with van der Waals surface area (Å²) in [4.78, 5) is 16.0. The lowest BCUT2D eigenvalue weighted by Crippen LogP contribution is -2.14. The maximum atomic E-state index is 11.7. The molecule has 0 fully saturated rings. The zero-order valence-electron chi connectivity index (χ0n) is 13.2. The predicted molar refractivity (Wildman–Crippen MR) is 94.5 cm³/mol. The van der Waals surface area contributed by atoms with Crippen LogP contribution in [0.5, 0.6) is 5.75 Å². The fraction of sp³-hybridized carbons (Fsp3) is 0.0526. The summed E-state index contributed by atoms with van der Waals surface area (Å²) in [6, 6.07) is 19.0. The smallest absolute Gasteiger partial charge is 0.252 e. The largest absolute Gasteiger partial charge is 0.497 e. The second kappa shape index (κ2) is 6.83. The van der Waals surface area contributed by atoms with E-state index < -0.39 is 5.91 Å². The van der Waals surface area contributed by atoms with Crippen LogP contribution in [0, 0.1) is 0 Å². The topological polar surface area (TPSA) is 77.2 Å². The Labute approximate surface area is 140 Å². The van der Waals surface area contributed by atoms with Crippen molar-refractivity contribution in [2.75, 3.05) is 12.4 Å². The van der Waals surface area contributed by atoms with Crippen LogP contribution in [0.3, 0.4) is 0 Å². The van der Waals surface area contributed by atoms with Gasteiger partial charge in [0.05, 0.1) is 24.1 Å². The first-order valence-corrected chi connectivity index (χ1v) is 7.44. The number of primary amides is 1. The van der Waals surface area contributed by atoms with Crippen molar-refractivity contribution < 1.29 is 9.53 Å². The molecule has 3 rings (SSSR count). The molecular formula is C19H17N3O2. The molecule has 0 bridgehead atoms. The van der Waals surface area contributed by atoms with Gasteiger partial charge in [-0.15, -0.1) is 0 Å². The fourth-order valence-corrected chi connectivity index (χ4v) is 2.38. The molecule has 120 valence electrons. The van der Waals surface area contributed by atoms with E-state index in [-0.39, 0.29) is 0 Å². The van der Waals surface area contributed by atoms with E-state index in [9.17, 15) is 4.79 Å². The molecule has 0 aliphatic rings. The molecule has 0 aliphatic carbocycles. The van der Waals surface area contributed by atoms with Gasteiger partial charge in [0.2, 0.25) is 0 Å². The number of carbonyl (C=O) groups excluding carboxylic acids is 1. The van der Waals surface area contributed by atoms with Gasteiger partial charge in [0.1, 0.15) is 5.75 Å². The van der Waals surface area contributed by atoms with Crippen molar-refractivity contribution in [3.63, 3.8) is 0 Å². The quantitative estimate of drug-likeness (QED) is 0.753. The first kappa shape index (κ1) is 15.6. The number of nitrogens with one attached hydrogen (secondary N) is 1. The molecule has 0 atom stereocenters. The van der Waals surface area contributed by atoms with Gasteiger partial charge in [-0.2, -0.15) is 0 Å². The standard InChI is InChI=1S/C19H17N3O2/c1-24-15-9-5-8-14(10-15)22-18-11-17(13-6-3-2-4-7-13)21-12-16(18)19(20)23/h2-12H,1H3,(H2,20,23)(H,21,22). The third kappa shape index (κ3) is 3.35. The molecule has 0 spiro atoms. The molecule has 5 heteroatoms. The van der Waals surface area contributed by atoms with E-state index >= 15 is 0 Å². The second-order valence-electron chi connectivity index (χ2n) is 5.20. The summed E-state index contributed by atoms with van der Waals surface area (Å²) in [5.41, 5.74) is 8.91. The molecule has 1 amide bonds. The summed E-state index contributed by atoms with van der Waals surface area (Å²) in [6.07, 6.45) is 1.49. The number of pyridine rings is 1. The normalized spacial score (nSPS) is 10.2. The minimum atomic E-state index is -0.535. The number of carbonyl (C=O) groups is 1. The van der Waals surface area contributed by atoms with E-state index in [1.165, 1.54) is 6.20 Å². The highest BCUT2D eigenvalue weighted by molar-refractivity contribution is 5.99. The van der Waals surface area contributed by atoms with Gasteiger partial charge in [0.25, 0.3) is 5.91 Å². The Morgan fingerprint density at radius 2 is 1.88 bits per heavy atom. The Balaban J connectivity index is 2.02. The molecule has 0 saturated carbocycles. The van der Waals surface area contributed by atoms with E-state index in [0.717, 1.165) is 22.7 Å². The molecule has 0 saturated heterocycles. The van der Waals surface area contributed by atoms with Crippen molar-refractivity contribution in [1.82, 2.24) is 4.98 Å². The van der Waals surface area contributed by atoms with E-state index in [1.807, 2.05) is 60.7 Å². The summed E-state index contributed by atoms with van der Waals surface area (Å²) in [7, 11) is 1.61. The van der Waals surface area contributed by atoms with Gasteiger partial charge in [-0.05, 0) is 18.2 Å². The number of anilines is 2. The van der Waals surface area contributed by atoms with Crippen molar-refractivity contribution in [3.8, 4) is 17.0 Å². The minimum absolute atomic E-state index is 0.331. The number of methoxy groups -OCH3 is 1. The molecular weight excluding hydrogens is 302 g/mol. The molecule has 5 nitrogen and oxygen atoms in total. The molecule has 3 aromatic rings. The Morgan fingerprint density at radius 1 is 1.08 bits per heavy atom. The summed E-state index contributed by atoms with van der Waals surface area (Å²) in [5, 5.41) is 3.22. The predicted octanol–water partition coefficient (Wildman–Crippen LogP) is 3.60. The first-order chi connectivity index (χ1) is 11.7. The minimum Gasteiger partial charge on any atom is -0.497 e. The highest BCUT2D eigenvalue weighted by Crippen LogP contribution is 2.27. The average molecular weight is 319 g/mol. The number of nitrogens with two attached hydrogens (primary N) is 1. The Kier molecular flexibility index (Phi) is 4.43. The molecule has 2 aromatic carbocycles. The number of hydrogen-bond acceptors (Lipinski definition) is 4. The Bertz CT molecular complexity index is 863. The zero-order valence-corrected chi connectivity index (χ0v) is 13.2. The van der Waals surface area contributed by atoms with Crippen LogP contribution in [0.2, 0.25) is 0 Å². The molecule has 0 unspecified atom stereocenters. The van der Waals surface area contributed by atoms with Crippen LogP contribution in [0.15, 0.2) is 66.9 Å². The number of rotatable bonds is 5. The van der Waals surface area contributed by atoms with Crippen LogP contribution >= 0.6 is 0 Å². The summed E-state index contributed by atoms with van der Waals surface area (Å²) < 4.78 is 5.22. The van der Waals surface area contributed by atoms with Crippen LogP contribution in [0.25, 0.3) is 11.3 Å². The maximum Gasteiger partial charge on any atom is 0.252 e. The number of amides is 1. The van der Waals surface area contributed by atoms with Crippen LogP contribution in [0.4, 0.5) is 11.4 Å². The van der Waals surface area contributed by atoms with Crippen molar-refractivity contribution in [2.45, 2.75) is 0 Å². The molecule has 0 radical (unpaired) electrons. The van der Waals surface area contributed by atoms with Crippen LogP contribution in [0.1, 0.15) is 10.4 Å². The van der Waals surface area contributed by atoms with Crippen LogP contribution in [-0.4, -0.2) is 18.0 Å². The van der Waals surface area contributed by atoms with Crippen LogP contribution < -0.4 is 15.8 Å². The van der Waals surface area contributed by atoms with E-state index in [0.29, 0.717) is 11.3 Å². The third-order valence-electron chi connectivity index (χ3n) is 3.59. The third-order valence-corrected chi connectivity index (χ3v) is 3.59. The summed E-state index contributed by atoms with van der Waals surface area (Å²) in [6.45, 7) is 0. The van der Waals surface area contributed by atoms with Gasteiger partial charge < -0.3 is 15.8 Å². The lowest BCUT2D eigenvalue weighted by molar-refractivity contribution is 0.100. The lowest BCUT2D eigenvalue weighted by atomic mass is 10.1. The number of benzene rings is 2. The molecule has 3 N–H and O–H groups in total. The SMILES string of the molecule is COc1cccc(Nc2cc(-c3ccccc3)ncc2C(N)=O)c1. The summed E-state index contributed by atoms with van der Waals surface area (Å²) >= 11 is 0. The molecule has 24 heavy (non-hydrogen) atoms. The van der Waals surface area contributed by atoms with Crippen LogP contribution in [-0.2, 0) is 0 Å². The molecule has 1 aromatic heterocycles. The Hall–Kier alpha value is -3.34. The monoisotopic (exact) mass is 319 g/mol. The number of nitrogens with zero attached hydrogens (tertiary/aromatic N) is 1. The second-order valence-corrected chi connectivity index (χ2v) is 5.20. The zero-order chi connectivity index (χ0) is 16.9. The fourth-order valence-electron chi connectivity index (χ4n) is 2.38. The molecule has 1 heterocycles.